The molecule has 1 aromatic heterocycles. The summed E-state index contributed by atoms with van der Waals surface area (Å²) in [4.78, 5) is 15.3. The van der Waals surface area contributed by atoms with E-state index in [1.807, 2.05) is 26.0 Å². The number of nitrogens with one attached hydrogen (secondary N) is 1. The van der Waals surface area contributed by atoms with E-state index >= 15 is 0 Å². The van der Waals surface area contributed by atoms with Gasteiger partial charge in [-0.05, 0) is 62.4 Å². The lowest BCUT2D eigenvalue weighted by molar-refractivity contribution is 0.0117. The van der Waals surface area contributed by atoms with Crippen LogP contribution in [0.25, 0.3) is 0 Å². The molecule has 1 saturated heterocycles. The zero-order chi connectivity index (χ0) is 25.0. The second-order valence-electron chi connectivity index (χ2n) is 8.66. The van der Waals surface area contributed by atoms with Crippen molar-refractivity contribution in [3.63, 3.8) is 0 Å². The number of morpholine rings is 1. The SMILES string of the molecule is Cc1ccc(S(=O)(=O)N(C)c2ccc(C(=O)NC[C@H](c3ccc(C)o3)N3CCOCC3)cc2)cc1. The first-order chi connectivity index (χ1) is 16.8. The second-order valence-corrected chi connectivity index (χ2v) is 10.6. The molecule has 0 spiro atoms. The Kier molecular flexibility index (Phi) is 7.59. The molecule has 0 bridgehead atoms. The van der Waals surface area contributed by atoms with Gasteiger partial charge in [0.05, 0.1) is 29.8 Å². The summed E-state index contributed by atoms with van der Waals surface area (Å²) in [6, 6.07) is 17.0. The summed E-state index contributed by atoms with van der Waals surface area (Å²) in [6.07, 6.45) is 0. The molecule has 1 atom stereocenters. The van der Waals surface area contributed by atoms with Crippen molar-refractivity contribution in [3.8, 4) is 0 Å². The van der Waals surface area contributed by atoms with Gasteiger partial charge >= 0.3 is 0 Å². The molecule has 0 unspecified atom stereocenters. The number of hydrogen-bond acceptors (Lipinski definition) is 6. The third kappa shape index (κ3) is 5.75. The van der Waals surface area contributed by atoms with Crippen LogP contribution in [0.5, 0.6) is 0 Å². The van der Waals surface area contributed by atoms with E-state index in [2.05, 4.69) is 10.2 Å². The van der Waals surface area contributed by atoms with E-state index in [4.69, 9.17) is 9.15 Å². The molecule has 1 aliphatic rings. The molecule has 0 radical (unpaired) electrons. The summed E-state index contributed by atoms with van der Waals surface area (Å²) < 4.78 is 38.4. The van der Waals surface area contributed by atoms with Crippen LogP contribution in [0.2, 0.25) is 0 Å². The van der Waals surface area contributed by atoms with Gasteiger partial charge in [0.15, 0.2) is 0 Å². The Morgan fingerprint density at radius 3 is 2.26 bits per heavy atom. The van der Waals surface area contributed by atoms with Gasteiger partial charge in [-0.1, -0.05) is 17.7 Å². The van der Waals surface area contributed by atoms with Gasteiger partial charge in [0.2, 0.25) is 0 Å². The first kappa shape index (κ1) is 25.0. The number of ether oxygens (including phenoxy) is 1. The van der Waals surface area contributed by atoms with Crippen molar-refractivity contribution >= 4 is 21.6 Å². The minimum atomic E-state index is -3.70. The molecule has 1 fully saturated rings. The Labute approximate surface area is 206 Å². The summed E-state index contributed by atoms with van der Waals surface area (Å²) >= 11 is 0. The van der Waals surface area contributed by atoms with Gasteiger partial charge < -0.3 is 14.5 Å². The van der Waals surface area contributed by atoms with E-state index in [1.54, 1.807) is 48.5 Å². The highest BCUT2D eigenvalue weighted by molar-refractivity contribution is 7.92. The highest BCUT2D eigenvalue weighted by Gasteiger charge is 2.26. The van der Waals surface area contributed by atoms with Crippen LogP contribution in [0.1, 0.15) is 33.5 Å². The van der Waals surface area contributed by atoms with Gasteiger partial charge in [-0.15, -0.1) is 0 Å². The van der Waals surface area contributed by atoms with Crippen molar-refractivity contribution in [1.82, 2.24) is 10.2 Å². The Bertz CT molecular complexity index is 1250. The molecule has 3 aromatic rings. The molecule has 1 amide bonds. The van der Waals surface area contributed by atoms with Crippen molar-refractivity contribution in [3.05, 3.63) is 83.3 Å². The number of aryl methyl sites for hydroxylation is 2. The third-order valence-corrected chi connectivity index (χ3v) is 8.00. The minimum Gasteiger partial charge on any atom is -0.465 e. The number of carbonyl (C=O) groups is 1. The molecule has 186 valence electrons. The van der Waals surface area contributed by atoms with Gasteiger partial charge in [-0.3, -0.25) is 14.0 Å². The van der Waals surface area contributed by atoms with Crippen LogP contribution in [0.4, 0.5) is 5.69 Å². The number of sulfonamides is 1. The predicted octanol–water partition coefficient (Wildman–Crippen LogP) is 3.52. The fraction of sp³-hybridized carbons (Fsp3) is 0.346. The summed E-state index contributed by atoms with van der Waals surface area (Å²) in [5, 5.41) is 3.00. The van der Waals surface area contributed by atoms with Crippen LogP contribution in [0, 0.1) is 13.8 Å². The molecule has 0 aliphatic carbocycles. The third-order valence-electron chi connectivity index (χ3n) is 6.20. The zero-order valence-electron chi connectivity index (χ0n) is 20.2. The number of hydrogen-bond donors (Lipinski definition) is 1. The van der Waals surface area contributed by atoms with Crippen LogP contribution in [0.3, 0.4) is 0 Å². The lowest BCUT2D eigenvalue weighted by Crippen LogP contribution is -2.43. The Balaban J connectivity index is 1.43. The van der Waals surface area contributed by atoms with Crippen LogP contribution in [0.15, 0.2) is 70.0 Å². The van der Waals surface area contributed by atoms with E-state index in [9.17, 15) is 13.2 Å². The highest BCUT2D eigenvalue weighted by atomic mass is 32.2. The zero-order valence-corrected chi connectivity index (χ0v) is 21.0. The summed E-state index contributed by atoms with van der Waals surface area (Å²) in [5.41, 5.74) is 1.91. The van der Waals surface area contributed by atoms with Crippen molar-refractivity contribution in [1.29, 1.82) is 0 Å². The predicted molar refractivity (Wildman–Crippen MR) is 134 cm³/mol. The van der Waals surface area contributed by atoms with Crippen LogP contribution in [-0.2, 0) is 14.8 Å². The molecule has 8 nitrogen and oxygen atoms in total. The first-order valence-electron chi connectivity index (χ1n) is 11.6. The molecule has 2 heterocycles. The molecule has 2 aromatic carbocycles. The number of amides is 1. The molecule has 1 aliphatic heterocycles. The maximum Gasteiger partial charge on any atom is 0.264 e. The van der Waals surface area contributed by atoms with Gasteiger partial charge in [-0.25, -0.2) is 8.42 Å². The summed E-state index contributed by atoms with van der Waals surface area (Å²) in [5.74, 6) is 1.40. The fourth-order valence-corrected chi connectivity index (χ4v) is 5.25. The minimum absolute atomic E-state index is 0.0957. The normalized spacial score (nSPS) is 15.5. The van der Waals surface area contributed by atoms with Crippen molar-refractivity contribution in [2.45, 2.75) is 24.8 Å². The van der Waals surface area contributed by atoms with Crippen molar-refractivity contribution in [2.24, 2.45) is 0 Å². The summed E-state index contributed by atoms with van der Waals surface area (Å²) in [7, 11) is -2.20. The largest absolute Gasteiger partial charge is 0.465 e. The monoisotopic (exact) mass is 497 g/mol. The van der Waals surface area contributed by atoms with Crippen LogP contribution >= 0.6 is 0 Å². The Morgan fingerprint density at radius 1 is 1.00 bits per heavy atom. The van der Waals surface area contributed by atoms with E-state index in [0.717, 1.165) is 30.2 Å². The smallest absolute Gasteiger partial charge is 0.264 e. The maximum atomic E-state index is 13.0. The first-order valence-corrected chi connectivity index (χ1v) is 13.0. The Hall–Kier alpha value is -3.14. The molecule has 1 N–H and O–H groups in total. The number of rotatable bonds is 8. The van der Waals surface area contributed by atoms with E-state index in [-0.39, 0.29) is 16.8 Å². The van der Waals surface area contributed by atoms with E-state index in [1.165, 1.54) is 11.4 Å². The van der Waals surface area contributed by atoms with Gasteiger partial charge in [0, 0.05) is 32.2 Å². The molecule has 35 heavy (non-hydrogen) atoms. The Morgan fingerprint density at radius 2 is 1.66 bits per heavy atom. The van der Waals surface area contributed by atoms with Gasteiger partial charge in [0.25, 0.3) is 15.9 Å². The number of nitrogens with zero attached hydrogens (tertiary/aromatic N) is 2. The topological polar surface area (TPSA) is 92.1 Å². The fourth-order valence-electron chi connectivity index (χ4n) is 4.05. The van der Waals surface area contributed by atoms with Gasteiger partial charge in [-0.2, -0.15) is 0 Å². The van der Waals surface area contributed by atoms with Crippen molar-refractivity contribution in [2.75, 3.05) is 44.2 Å². The average Bonchev–Trinajstić information content (AvgIpc) is 3.30. The number of anilines is 1. The standard InChI is InChI=1S/C26H31N3O5S/c1-19-4-11-23(12-5-19)35(31,32)28(3)22-9-7-21(8-10-22)26(30)27-18-24(25-13-6-20(2)34-25)29-14-16-33-17-15-29/h4-13,24H,14-18H2,1-3H3,(H,27,30)/t24-/m1/s1. The lowest BCUT2D eigenvalue weighted by atomic mass is 10.1. The lowest BCUT2D eigenvalue weighted by Gasteiger charge is -2.33. The van der Waals surface area contributed by atoms with Crippen LogP contribution < -0.4 is 9.62 Å². The molecular weight excluding hydrogens is 466 g/mol. The quantitative estimate of drug-likeness (QED) is 0.512. The maximum absolute atomic E-state index is 13.0. The van der Waals surface area contributed by atoms with Crippen molar-refractivity contribution < 1.29 is 22.4 Å². The molecule has 4 rings (SSSR count). The van der Waals surface area contributed by atoms with Gasteiger partial charge in [0.1, 0.15) is 11.5 Å². The number of furan rings is 1. The number of carbonyl (C=O) groups excluding carboxylic acids is 1. The second kappa shape index (κ2) is 10.6. The summed E-state index contributed by atoms with van der Waals surface area (Å²) in [6.45, 7) is 7.00. The van der Waals surface area contributed by atoms with E-state index in [0.29, 0.717) is 31.0 Å². The molecule has 0 saturated carbocycles. The molecular formula is C26H31N3O5S. The van der Waals surface area contributed by atoms with E-state index < -0.39 is 10.0 Å². The van der Waals surface area contributed by atoms with Crippen LogP contribution in [-0.4, -0.2) is 59.1 Å². The highest BCUT2D eigenvalue weighted by Crippen LogP contribution is 2.25. The molecule has 9 heteroatoms. The number of benzene rings is 2. The average molecular weight is 498 g/mol.